The normalized spacial score (nSPS) is 16.5. The summed E-state index contributed by atoms with van der Waals surface area (Å²) in [7, 11) is 0. The van der Waals surface area contributed by atoms with Gasteiger partial charge in [0.05, 0.1) is 4.75 Å². The standard InChI is InChI=1S/C19H18BrFS/c1-3-19(4-2)18(20)17(13-9-11-14(21)12-10-13)15-7-5-6-8-16(15)22-19/h5-12H,3-4H2,1-2H3. The van der Waals surface area contributed by atoms with Crippen LogP contribution in [-0.4, -0.2) is 4.75 Å². The van der Waals surface area contributed by atoms with Crippen LogP contribution in [0.2, 0.25) is 0 Å². The second-order valence-corrected chi connectivity index (χ2v) is 7.71. The number of thioether (sulfide) groups is 1. The van der Waals surface area contributed by atoms with Crippen LogP contribution < -0.4 is 0 Å². The number of fused-ring (bicyclic) bond motifs is 1. The molecule has 1 aliphatic heterocycles. The lowest BCUT2D eigenvalue weighted by atomic mass is 9.90. The zero-order valence-electron chi connectivity index (χ0n) is 12.7. The average Bonchev–Trinajstić information content (AvgIpc) is 2.56. The van der Waals surface area contributed by atoms with Gasteiger partial charge >= 0.3 is 0 Å². The van der Waals surface area contributed by atoms with Gasteiger partial charge in [-0.05, 0) is 42.2 Å². The first kappa shape index (κ1) is 15.8. The summed E-state index contributed by atoms with van der Waals surface area (Å²) in [4.78, 5) is 1.30. The van der Waals surface area contributed by atoms with Crippen molar-refractivity contribution in [2.75, 3.05) is 0 Å². The lowest BCUT2D eigenvalue weighted by Crippen LogP contribution is -2.27. The SMILES string of the molecule is CCC1(CC)Sc2ccccc2C(c2ccc(F)cc2)=C1Br. The zero-order valence-corrected chi connectivity index (χ0v) is 15.1. The van der Waals surface area contributed by atoms with E-state index in [1.807, 2.05) is 23.9 Å². The van der Waals surface area contributed by atoms with Gasteiger partial charge in [0, 0.05) is 15.0 Å². The second-order valence-electron chi connectivity index (χ2n) is 5.50. The molecule has 0 atom stereocenters. The Hall–Kier alpha value is -1.06. The molecule has 0 nitrogen and oxygen atoms in total. The Morgan fingerprint density at radius 1 is 1.00 bits per heavy atom. The van der Waals surface area contributed by atoms with Crippen LogP contribution in [0.1, 0.15) is 37.8 Å². The van der Waals surface area contributed by atoms with E-state index in [0.29, 0.717) is 0 Å². The van der Waals surface area contributed by atoms with Crippen LogP contribution in [0.4, 0.5) is 4.39 Å². The Labute approximate surface area is 144 Å². The van der Waals surface area contributed by atoms with Crippen LogP contribution in [0.3, 0.4) is 0 Å². The van der Waals surface area contributed by atoms with Crippen molar-refractivity contribution < 1.29 is 4.39 Å². The Balaban J connectivity index is 2.27. The van der Waals surface area contributed by atoms with Crippen LogP contribution in [0.5, 0.6) is 0 Å². The predicted octanol–water partition coefficient (Wildman–Crippen LogP) is 6.64. The molecule has 0 radical (unpaired) electrons. The van der Waals surface area contributed by atoms with Crippen LogP contribution >= 0.6 is 27.7 Å². The van der Waals surface area contributed by atoms with Gasteiger partial charge in [-0.1, -0.05) is 60.1 Å². The molecule has 114 valence electrons. The van der Waals surface area contributed by atoms with E-state index < -0.39 is 0 Å². The van der Waals surface area contributed by atoms with Crippen molar-refractivity contribution in [3.8, 4) is 0 Å². The minimum Gasteiger partial charge on any atom is -0.207 e. The highest BCUT2D eigenvalue weighted by molar-refractivity contribution is 9.12. The molecule has 0 saturated heterocycles. The molecule has 0 amide bonds. The maximum atomic E-state index is 13.3. The van der Waals surface area contributed by atoms with Gasteiger partial charge in [-0.3, -0.25) is 0 Å². The lowest BCUT2D eigenvalue weighted by Gasteiger charge is -2.38. The fraction of sp³-hybridized carbons (Fsp3) is 0.263. The van der Waals surface area contributed by atoms with E-state index in [9.17, 15) is 4.39 Å². The van der Waals surface area contributed by atoms with E-state index >= 15 is 0 Å². The van der Waals surface area contributed by atoms with Crippen LogP contribution in [0.15, 0.2) is 57.9 Å². The van der Waals surface area contributed by atoms with Crippen molar-refractivity contribution in [1.29, 1.82) is 0 Å². The van der Waals surface area contributed by atoms with Gasteiger partial charge in [-0.2, -0.15) is 0 Å². The smallest absolute Gasteiger partial charge is 0.123 e. The van der Waals surface area contributed by atoms with Crippen molar-refractivity contribution in [2.24, 2.45) is 0 Å². The molecular formula is C19H18BrFS. The zero-order chi connectivity index (χ0) is 15.7. The summed E-state index contributed by atoms with van der Waals surface area (Å²) < 4.78 is 14.6. The summed E-state index contributed by atoms with van der Waals surface area (Å²) in [5, 5.41) is 0. The van der Waals surface area contributed by atoms with Gasteiger partial charge in [-0.15, -0.1) is 11.8 Å². The van der Waals surface area contributed by atoms with E-state index in [-0.39, 0.29) is 10.6 Å². The largest absolute Gasteiger partial charge is 0.207 e. The van der Waals surface area contributed by atoms with Gasteiger partial charge < -0.3 is 0 Å². The first-order valence-electron chi connectivity index (χ1n) is 7.56. The first-order valence-corrected chi connectivity index (χ1v) is 9.17. The van der Waals surface area contributed by atoms with Gasteiger partial charge in [0.25, 0.3) is 0 Å². The molecule has 1 heterocycles. The first-order chi connectivity index (χ1) is 10.6. The van der Waals surface area contributed by atoms with Crippen LogP contribution in [0.25, 0.3) is 5.57 Å². The lowest BCUT2D eigenvalue weighted by molar-refractivity contribution is 0.627. The fourth-order valence-electron chi connectivity index (χ4n) is 2.97. The maximum absolute atomic E-state index is 13.3. The molecule has 2 aromatic carbocycles. The highest BCUT2D eigenvalue weighted by Gasteiger charge is 2.38. The van der Waals surface area contributed by atoms with Crippen LogP contribution in [0, 0.1) is 5.82 Å². The summed E-state index contributed by atoms with van der Waals surface area (Å²) in [5.41, 5.74) is 3.48. The minimum atomic E-state index is -0.198. The molecule has 0 saturated carbocycles. The number of benzene rings is 2. The summed E-state index contributed by atoms with van der Waals surface area (Å²) in [5.74, 6) is -0.198. The van der Waals surface area contributed by atoms with Crippen molar-refractivity contribution >= 4 is 33.3 Å². The molecule has 0 aromatic heterocycles. The summed E-state index contributed by atoms with van der Waals surface area (Å²) in [6.45, 7) is 4.46. The molecule has 1 aliphatic rings. The molecule has 0 aliphatic carbocycles. The number of halogens is 2. The monoisotopic (exact) mass is 376 g/mol. The van der Waals surface area contributed by atoms with E-state index in [0.717, 1.165) is 18.4 Å². The molecule has 0 unspecified atom stereocenters. The summed E-state index contributed by atoms with van der Waals surface area (Å²) in [6.07, 6.45) is 2.10. The molecule has 0 bridgehead atoms. The Kier molecular flexibility index (Phi) is 4.47. The maximum Gasteiger partial charge on any atom is 0.123 e. The van der Waals surface area contributed by atoms with E-state index in [1.54, 1.807) is 0 Å². The Morgan fingerprint density at radius 2 is 1.64 bits per heavy atom. The Morgan fingerprint density at radius 3 is 2.27 bits per heavy atom. The van der Waals surface area contributed by atoms with E-state index in [4.69, 9.17) is 0 Å². The summed E-state index contributed by atoms with van der Waals surface area (Å²) in [6, 6.07) is 15.3. The van der Waals surface area contributed by atoms with Gasteiger partial charge in [0.15, 0.2) is 0 Å². The van der Waals surface area contributed by atoms with E-state index in [2.05, 4.69) is 54.0 Å². The minimum absolute atomic E-state index is 0.0536. The summed E-state index contributed by atoms with van der Waals surface area (Å²) >= 11 is 5.82. The van der Waals surface area contributed by atoms with Gasteiger partial charge in [0.2, 0.25) is 0 Å². The average molecular weight is 377 g/mol. The highest BCUT2D eigenvalue weighted by atomic mass is 79.9. The van der Waals surface area contributed by atoms with E-state index in [1.165, 1.54) is 32.6 Å². The third-order valence-electron chi connectivity index (χ3n) is 4.36. The quantitative estimate of drug-likeness (QED) is 0.577. The van der Waals surface area contributed by atoms with Crippen molar-refractivity contribution in [1.82, 2.24) is 0 Å². The predicted molar refractivity (Wildman–Crippen MR) is 97.0 cm³/mol. The van der Waals surface area contributed by atoms with Crippen molar-refractivity contribution in [3.63, 3.8) is 0 Å². The van der Waals surface area contributed by atoms with Crippen molar-refractivity contribution in [2.45, 2.75) is 36.3 Å². The Bertz CT molecular complexity index is 714. The molecule has 2 aromatic rings. The molecule has 3 heteroatoms. The van der Waals surface area contributed by atoms with Gasteiger partial charge in [0.1, 0.15) is 5.82 Å². The molecule has 0 spiro atoms. The molecule has 3 rings (SSSR count). The number of rotatable bonds is 3. The number of hydrogen-bond donors (Lipinski definition) is 0. The third-order valence-corrected chi connectivity index (χ3v) is 7.52. The second kappa shape index (κ2) is 6.21. The molecule has 22 heavy (non-hydrogen) atoms. The molecule has 0 N–H and O–H groups in total. The third kappa shape index (κ3) is 2.55. The highest BCUT2D eigenvalue weighted by Crippen LogP contribution is 2.55. The van der Waals surface area contributed by atoms with Crippen LogP contribution in [-0.2, 0) is 0 Å². The molecular weight excluding hydrogens is 359 g/mol. The topological polar surface area (TPSA) is 0 Å². The molecule has 0 fully saturated rings. The van der Waals surface area contributed by atoms with Crippen molar-refractivity contribution in [3.05, 3.63) is 70.0 Å². The fourth-order valence-corrected chi connectivity index (χ4v) is 5.54. The van der Waals surface area contributed by atoms with Gasteiger partial charge in [-0.25, -0.2) is 4.39 Å². The number of hydrogen-bond acceptors (Lipinski definition) is 1.